The maximum atomic E-state index is 9.32. The molecule has 1 saturated heterocycles. The van der Waals surface area contributed by atoms with Crippen molar-refractivity contribution in [2.24, 2.45) is 22.2 Å². The van der Waals surface area contributed by atoms with Gasteiger partial charge in [0.2, 0.25) is 0 Å². The van der Waals surface area contributed by atoms with Crippen molar-refractivity contribution in [3.63, 3.8) is 0 Å². The molecule has 0 aliphatic carbocycles. The standard InChI is InChI=1S/C18H37N3O3.HI/c1-4-19-17(20-12-16(5-8-22)11-15(2)3)21-13-18(6-9-23)7-10-24-14-18;/h15-16,22-23H,4-14H2,1-3H3,(H2,19,20,21);1H. The highest BCUT2D eigenvalue weighted by Gasteiger charge is 2.34. The van der Waals surface area contributed by atoms with Crippen molar-refractivity contribution in [3.8, 4) is 0 Å². The summed E-state index contributed by atoms with van der Waals surface area (Å²) in [4.78, 5) is 4.74. The molecule has 0 aromatic rings. The van der Waals surface area contributed by atoms with Gasteiger partial charge in [-0.05, 0) is 44.4 Å². The van der Waals surface area contributed by atoms with Gasteiger partial charge in [0.1, 0.15) is 0 Å². The van der Waals surface area contributed by atoms with E-state index in [1.54, 1.807) is 0 Å². The smallest absolute Gasteiger partial charge is 0.191 e. The Labute approximate surface area is 170 Å². The largest absolute Gasteiger partial charge is 0.396 e. The summed E-state index contributed by atoms with van der Waals surface area (Å²) in [7, 11) is 0. The van der Waals surface area contributed by atoms with Crippen LogP contribution in [0.1, 0.15) is 46.5 Å². The van der Waals surface area contributed by atoms with E-state index in [1.165, 1.54) is 0 Å². The summed E-state index contributed by atoms with van der Waals surface area (Å²) in [5.41, 5.74) is -0.0282. The number of hydrogen-bond donors (Lipinski definition) is 4. The molecule has 1 aliphatic heterocycles. The molecule has 1 heterocycles. The summed E-state index contributed by atoms with van der Waals surface area (Å²) in [6.07, 6.45) is 3.59. The average molecular weight is 471 g/mol. The van der Waals surface area contributed by atoms with Crippen LogP contribution in [0.4, 0.5) is 0 Å². The van der Waals surface area contributed by atoms with Gasteiger partial charge in [-0.3, -0.25) is 4.99 Å². The maximum Gasteiger partial charge on any atom is 0.191 e. The predicted molar refractivity (Wildman–Crippen MR) is 114 cm³/mol. The minimum atomic E-state index is -0.0282. The van der Waals surface area contributed by atoms with Crippen LogP contribution < -0.4 is 10.6 Å². The molecule has 2 atom stereocenters. The van der Waals surface area contributed by atoms with E-state index >= 15 is 0 Å². The van der Waals surface area contributed by atoms with E-state index in [9.17, 15) is 10.2 Å². The number of hydrogen-bond acceptors (Lipinski definition) is 4. The molecule has 6 nitrogen and oxygen atoms in total. The second-order valence-electron chi connectivity index (χ2n) is 7.36. The minimum Gasteiger partial charge on any atom is -0.396 e. The molecule has 2 unspecified atom stereocenters. The van der Waals surface area contributed by atoms with Crippen LogP contribution in [0.3, 0.4) is 0 Å². The van der Waals surface area contributed by atoms with Crippen molar-refractivity contribution >= 4 is 29.9 Å². The molecule has 0 aromatic heterocycles. The molecule has 4 N–H and O–H groups in total. The maximum absolute atomic E-state index is 9.32. The number of aliphatic hydroxyl groups is 2. The molecule has 1 fully saturated rings. The van der Waals surface area contributed by atoms with Gasteiger partial charge in [-0.1, -0.05) is 13.8 Å². The van der Waals surface area contributed by atoms with Crippen molar-refractivity contribution in [1.29, 1.82) is 0 Å². The van der Waals surface area contributed by atoms with Crippen LogP contribution in [0.25, 0.3) is 0 Å². The second-order valence-corrected chi connectivity index (χ2v) is 7.36. The Morgan fingerprint density at radius 2 is 2.00 bits per heavy atom. The molecule has 1 aliphatic rings. The third-order valence-electron chi connectivity index (χ3n) is 4.64. The van der Waals surface area contributed by atoms with E-state index < -0.39 is 0 Å². The Bertz CT molecular complexity index is 361. The van der Waals surface area contributed by atoms with E-state index in [4.69, 9.17) is 9.73 Å². The Kier molecular flexibility index (Phi) is 13.9. The normalized spacial score (nSPS) is 21.9. The summed E-state index contributed by atoms with van der Waals surface area (Å²) >= 11 is 0. The molecule has 0 amide bonds. The van der Waals surface area contributed by atoms with Crippen LogP contribution in [0, 0.1) is 17.3 Å². The number of halogens is 1. The lowest BCUT2D eigenvalue weighted by molar-refractivity contribution is 0.131. The Morgan fingerprint density at radius 1 is 1.24 bits per heavy atom. The van der Waals surface area contributed by atoms with Crippen molar-refractivity contribution in [1.82, 2.24) is 10.6 Å². The zero-order valence-electron chi connectivity index (χ0n) is 16.1. The molecule has 1 rings (SSSR count). The Balaban J connectivity index is 0.00000576. The van der Waals surface area contributed by atoms with Crippen molar-refractivity contribution < 1.29 is 14.9 Å². The van der Waals surface area contributed by atoms with Gasteiger partial charge in [0, 0.05) is 38.3 Å². The first kappa shape index (κ1) is 24.9. The van der Waals surface area contributed by atoms with Gasteiger partial charge in [-0.15, -0.1) is 24.0 Å². The zero-order chi connectivity index (χ0) is 17.8. The van der Waals surface area contributed by atoms with E-state index in [-0.39, 0.29) is 42.6 Å². The fourth-order valence-electron chi connectivity index (χ4n) is 3.27. The van der Waals surface area contributed by atoms with Crippen LogP contribution in [-0.4, -0.2) is 62.2 Å². The van der Waals surface area contributed by atoms with Crippen LogP contribution in [0.5, 0.6) is 0 Å². The lowest BCUT2D eigenvalue weighted by Crippen LogP contribution is -2.41. The van der Waals surface area contributed by atoms with E-state index in [0.29, 0.717) is 25.0 Å². The number of aliphatic hydroxyl groups excluding tert-OH is 2. The molecule has 150 valence electrons. The van der Waals surface area contributed by atoms with E-state index in [0.717, 1.165) is 51.3 Å². The fraction of sp³-hybridized carbons (Fsp3) is 0.944. The van der Waals surface area contributed by atoms with Crippen LogP contribution >= 0.6 is 24.0 Å². The second kappa shape index (κ2) is 14.0. The number of rotatable bonds is 11. The molecule has 0 spiro atoms. The summed E-state index contributed by atoms with van der Waals surface area (Å²) in [6.45, 7) is 10.6. The van der Waals surface area contributed by atoms with Gasteiger partial charge >= 0.3 is 0 Å². The van der Waals surface area contributed by atoms with Gasteiger partial charge < -0.3 is 25.6 Å². The Morgan fingerprint density at radius 3 is 2.52 bits per heavy atom. The summed E-state index contributed by atoms with van der Waals surface area (Å²) < 4.78 is 5.53. The minimum absolute atomic E-state index is 0. The van der Waals surface area contributed by atoms with Gasteiger partial charge in [0.05, 0.1) is 13.2 Å². The molecule has 7 heteroatoms. The van der Waals surface area contributed by atoms with Crippen molar-refractivity contribution in [2.45, 2.75) is 46.5 Å². The first-order valence-electron chi connectivity index (χ1n) is 9.37. The molecule has 0 bridgehead atoms. The van der Waals surface area contributed by atoms with Crippen LogP contribution in [0.2, 0.25) is 0 Å². The van der Waals surface area contributed by atoms with Crippen LogP contribution in [0.15, 0.2) is 4.99 Å². The number of ether oxygens (including phenoxy) is 1. The highest BCUT2D eigenvalue weighted by Crippen LogP contribution is 2.32. The van der Waals surface area contributed by atoms with E-state index in [1.807, 2.05) is 0 Å². The van der Waals surface area contributed by atoms with Gasteiger partial charge in [-0.25, -0.2) is 0 Å². The SMILES string of the molecule is CCNC(=NCC1(CCO)CCOC1)NCC(CCO)CC(C)C.I. The summed E-state index contributed by atoms with van der Waals surface area (Å²) in [6, 6.07) is 0. The monoisotopic (exact) mass is 471 g/mol. The van der Waals surface area contributed by atoms with Gasteiger partial charge in [-0.2, -0.15) is 0 Å². The predicted octanol–water partition coefficient (Wildman–Crippen LogP) is 1.99. The topological polar surface area (TPSA) is 86.1 Å². The molecule has 0 saturated carbocycles. The van der Waals surface area contributed by atoms with Gasteiger partial charge in [0.25, 0.3) is 0 Å². The first-order chi connectivity index (χ1) is 11.5. The molecular weight excluding hydrogens is 433 g/mol. The lowest BCUT2D eigenvalue weighted by atomic mass is 9.84. The third kappa shape index (κ3) is 9.96. The van der Waals surface area contributed by atoms with Crippen molar-refractivity contribution in [2.75, 3.05) is 46.1 Å². The highest BCUT2D eigenvalue weighted by molar-refractivity contribution is 14.0. The van der Waals surface area contributed by atoms with E-state index in [2.05, 4.69) is 31.4 Å². The quantitative estimate of drug-likeness (QED) is 0.211. The number of aliphatic imine (C=N–C) groups is 1. The Hall–Kier alpha value is -0.120. The van der Waals surface area contributed by atoms with Crippen molar-refractivity contribution in [3.05, 3.63) is 0 Å². The zero-order valence-corrected chi connectivity index (χ0v) is 18.4. The lowest BCUT2D eigenvalue weighted by Gasteiger charge is -2.25. The molecule has 25 heavy (non-hydrogen) atoms. The summed E-state index contributed by atoms with van der Waals surface area (Å²) in [5, 5.41) is 25.3. The molecular formula is C18H38IN3O3. The number of nitrogens with one attached hydrogen (secondary N) is 2. The summed E-state index contributed by atoms with van der Waals surface area (Å²) in [5.74, 6) is 1.87. The average Bonchev–Trinajstić information content (AvgIpc) is 2.99. The van der Waals surface area contributed by atoms with Crippen LogP contribution in [-0.2, 0) is 4.74 Å². The fourth-order valence-corrected chi connectivity index (χ4v) is 3.27. The van der Waals surface area contributed by atoms with Gasteiger partial charge in [0.15, 0.2) is 5.96 Å². The number of guanidine groups is 1. The molecule has 0 radical (unpaired) electrons. The molecule has 0 aromatic carbocycles. The number of nitrogens with zero attached hydrogens (tertiary/aromatic N) is 1. The third-order valence-corrected chi connectivity index (χ3v) is 4.64. The first-order valence-corrected chi connectivity index (χ1v) is 9.37. The highest BCUT2D eigenvalue weighted by atomic mass is 127.